The average Bonchev–Trinajstić information content (AvgIpc) is 2.16. The number of aliphatic carboxylic acids is 1. The second kappa shape index (κ2) is 8.79. The van der Waals surface area contributed by atoms with Crippen LogP contribution in [0.3, 0.4) is 0 Å². The van der Waals surface area contributed by atoms with Crippen LogP contribution >= 0.6 is 0 Å². The van der Waals surface area contributed by atoms with E-state index in [9.17, 15) is 4.79 Å². The van der Waals surface area contributed by atoms with Gasteiger partial charge >= 0.3 is 5.97 Å². The van der Waals surface area contributed by atoms with Crippen molar-refractivity contribution in [1.29, 1.82) is 0 Å². The van der Waals surface area contributed by atoms with E-state index in [-0.39, 0.29) is 6.42 Å². The molecule has 0 bridgehead atoms. The molecule has 0 amide bonds. The Bertz CT molecular complexity index is 183. The molecule has 0 saturated heterocycles. The van der Waals surface area contributed by atoms with Crippen LogP contribution in [0, 0.1) is 0 Å². The molecule has 0 aliphatic rings. The van der Waals surface area contributed by atoms with Gasteiger partial charge in [-0.05, 0) is 26.2 Å². The fourth-order valence-electron chi connectivity index (χ4n) is 1.46. The zero-order chi connectivity index (χ0) is 10.8. The molecule has 1 N–H and O–H groups in total. The summed E-state index contributed by atoms with van der Waals surface area (Å²) in [7, 11) is 0. The number of hydrogen-bond donors (Lipinski definition) is 1. The van der Waals surface area contributed by atoms with E-state index in [1.54, 1.807) is 0 Å². The van der Waals surface area contributed by atoms with Gasteiger partial charge in [-0.1, -0.05) is 37.8 Å². The fraction of sp³-hybridized carbons (Fsp3) is 0.750. The molecular formula is C12H22O2. The number of allylic oxidation sites excluding steroid dienone is 2. The maximum absolute atomic E-state index is 10.4. The van der Waals surface area contributed by atoms with E-state index in [4.69, 9.17) is 5.11 Å². The third-order valence-electron chi connectivity index (χ3n) is 2.42. The van der Waals surface area contributed by atoms with Crippen molar-refractivity contribution in [3.8, 4) is 0 Å². The SMILES string of the molecule is CC=C(CCCCCC)CCC(=O)O. The molecule has 82 valence electrons. The third kappa shape index (κ3) is 7.84. The number of carbonyl (C=O) groups is 1. The number of unbranched alkanes of at least 4 members (excludes halogenated alkanes) is 3. The molecule has 0 saturated carbocycles. The Hall–Kier alpha value is -0.790. The average molecular weight is 198 g/mol. The van der Waals surface area contributed by atoms with Gasteiger partial charge in [0.05, 0.1) is 0 Å². The molecule has 0 aliphatic carbocycles. The van der Waals surface area contributed by atoms with Crippen LogP contribution < -0.4 is 0 Å². The van der Waals surface area contributed by atoms with Gasteiger partial charge in [-0.15, -0.1) is 0 Å². The van der Waals surface area contributed by atoms with E-state index in [0.717, 1.165) is 12.8 Å². The lowest BCUT2D eigenvalue weighted by atomic mass is 10.0. The molecule has 0 radical (unpaired) electrons. The maximum Gasteiger partial charge on any atom is 0.303 e. The summed E-state index contributed by atoms with van der Waals surface area (Å²) in [6.07, 6.45) is 9.13. The van der Waals surface area contributed by atoms with Crippen molar-refractivity contribution < 1.29 is 9.90 Å². The van der Waals surface area contributed by atoms with Crippen molar-refractivity contribution >= 4 is 5.97 Å². The second-order valence-electron chi connectivity index (χ2n) is 3.65. The van der Waals surface area contributed by atoms with Crippen molar-refractivity contribution in [3.05, 3.63) is 11.6 Å². The summed E-state index contributed by atoms with van der Waals surface area (Å²) in [6, 6.07) is 0. The molecule has 0 aromatic heterocycles. The number of hydrogen-bond acceptors (Lipinski definition) is 1. The van der Waals surface area contributed by atoms with Crippen molar-refractivity contribution in [3.63, 3.8) is 0 Å². The maximum atomic E-state index is 10.4. The molecule has 0 unspecified atom stereocenters. The predicted molar refractivity (Wildman–Crippen MR) is 59.4 cm³/mol. The van der Waals surface area contributed by atoms with Crippen LogP contribution in [0.15, 0.2) is 11.6 Å². The van der Waals surface area contributed by atoms with Gasteiger partial charge in [0.1, 0.15) is 0 Å². The predicted octanol–water partition coefficient (Wildman–Crippen LogP) is 3.77. The van der Waals surface area contributed by atoms with Gasteiger partial charge in [-0.3, -0.25) is 4.79 Å². The molecule has 0 aromatic rings. The van der Waals surface area contributed by atoms with Crippen LogP contribution in [-0.4, -0.2) is 11.1 Å². The van der Waals surface area contributed by atoms with Crippen molar-refractivity contribution in [2.24, 2.45) is 0 Å². The van der Waals surface area contributed by atoms with E-state index >= 15 is 0 Å². The second-order valence-corrected chi connectivity index (χ2v) is 3.65. The highest BCUT2D eigenvalue weighted by Crippen LogP contribution is 2.14. The molecule has 0 fully saturated rings. The number of carboxylic acid groups (broad SMARTS) is 1. The van der Waals surface area contributed by atoms with Crippen LogP contribution in [0.2, 0.25) is 0 Å². The van der Waals surface area contributed by atoms with E-state index in [1.807, 2.05) is 6.92 Å². The Morgan fingerprint density at radius 2 is 1.86 bits per heavy atom. The molecule has 0 heterocycles. The first-order chi connectivity index (χ1) is 6.70. The lowest BCUT2D eigenvalue weighted by Crippen LogP contribution is -1.95. The van der Waals surface area contributed by atoms with Gasteiger partial charge < -0.3 is 5.11 Å². The summed E-state index contributed by atoms with van der Waals surface area (Å²) < 4.78 is 0. The topological polar surface area (TPSA) is 37.3 Å². The van der Waals surface area contributed by atoms with Gasteiger partial charge in [0, 0.05) is 6.42 Å². The van der Waals surface area contributed by atoms with Crippen LogP contribution in [0.1, 0.15) is 58.8 Å². The highest BCUT2D eigenvalue weighted by molar-refractivity contribution is 5.67. The van der Waals surface area contributed by atoms with Gasteiger partial charge in [0.15, 0.2) is 0 Å². The Morgan fingerprint density at radius 1 is 1.14 bits per heavy atom. The van der Waals surface area contributed by atoms with Crippen molar-refractivity contribution in [1.82, 2.24) is 0 Å². The van der Waals surface area contributed by atoms with E-state index in [2.05, 4.69) is 13.0 Å². The van der Waals surface area contributed by atoms with Gasteiger partial charge in [-0.2, -0.15) is 0 Å². The van der Waals surface area contributed by atoms with E-state index in [0.29, 0.717) is 0 Å². The van der Waals surface area contributed by atoms with Crippen LogP contribution in [0.4, 0.5) is 0 Å². The lowest BCUT2D eigenvalue weighted by molar-refractivity contribution is -0.136. The summed E-state index contributed by atoms with van der Waals surface area (Å²) in [5.41, 5.74) is 1.29. The molecule has 14 heavy (non-hydrogen) atoms. The molecule has 0 aromatic carbocycles. The van der Waals surface area contributed by atoms with Crippen molar-refractivity contribution in [2.45, 2.75) is 58.8 Å². The molecule has 0 spiro atoms. The van der Waals surface area contributed by atoms with E-state index < -0.39 is 5.97 Å². The Balaban J connectivity index is 3.54. The minimum absolute atomic E-state index is 0.271. The first-order valence-electron chi connectivity index (χ1n) is 5.56. The first-order valence-corrected chi connectivity index (χ1v) is 5.56. The first kappa shape index (κ1) is 13.2. The highest BCUT2D eigenvalue weighted by Gasteiger charge is 2.01. The molecule has 0 atom stereocenters. The van der Waals surface area contributed by atoms with Gasteiger partial charge in [-0.25, -0.2) is 0 Å². The third-order valence-corrected chi connectivity index (χ3v) is 2.42. The smallest absolute Gasteiger partial charge is 0.303 e. The van der Waals surface area contributed by atoms with Crippen LogP contribution in [0.25, 0.3) is 0 Å². The minimum atomic E-state index is -0.696. The van der Waals surface area contributed by atoms with Gasteiger partial charge in [0.25, 0.3) is 0 Å². The zero-order valence-corrected chi connectivity index (χ0v) is 9.38. The number of rotatable bonds is 8. The van der Waals surface area contributed by atoms with Crippen LogP contribution in [0.5, 0.6) is 0 Å². The van der Waals surface area contributed by atoms with E-state index in [1.165, 1.54) is 31.3 Å². The normalized spacial score (nSPS) is 11.7. The highest BCUT2D eigenvalue weighted by atomic mass is 16.4. The summed E-state index contributed by atoms with van der Waals surface area (Å²) in [6.45, 7) is 4.19. The fourth-order valence-corrected chi connectivity index (χ4v) is 1.46. The van der Waals surface area contributed by atoms with Crippen LogP contribution in [-0.2, 0) is 4.79 Å². The standard InChI is InChI=1S/C12H22O2/c1-3-5-6-7-8-11(4-2)9-10-12(13)14/h4H,3,5-10H2,1-2H3,(H,13,14). The summed E-state index contributed by atoms with van der Waals surface area (Å²) in [4.78, 5) is 10.4. The summed E-state index contributed by atoms with van der Waals surface area (Å²) >= 11 is 0. The molecule has 0 rings (SSSR count). The quantitative estimate of drug-likeness (QED) is 0.476. The monoisotopic (exact) mass is 198 g/mol. The summed E-state index contributed by atoms with van der Waals surface area (Å²) in [5, 5.41) is 8.54. The molecular weight excluding hydrogens is 176 g/mol. The lowest BCUT2D eigenvalue weighted by Gasteiger charge is -2.04. The molecule has 2 heteroatoms. The largest absolute Gasteiger partial charge is 0.481 e. The molecule has 0 aliphatic heterocycles. The van der Waals surface area contributed by atoms with Crippen molar-refractivity contribution in [2.75, 3.05) is 0 Å². The number of carboxylic acids is 1. The minimum Gasteiger partial charge on any atom is -0.481 e. The molecule has 2 nitrogen and oxygen atoms in total. The van der Waals surface area contributed by atoms with Gasteiger partial charge in [0.2, 0.25) is 0 Å². The Labute approximate surface area is 87.0 Å². The Kier molecular flexibility index (Phi) is 8.30. The summed E-state index contributed by atoms with van der Waals surface area (Å²) in [5.74, 6) is -0.696. The Morgan fingerprint density at radius 3 is 2.36 bits per heavy atom. The zero-order valence-electron chi connectivity index (χ0n) is 9.38.